The summed E-state index contributed by atoms with van der Waals surface area (Å²) >= 11 is 2.74. The van der Waals surface area contributed by atoms with Crippen molar-refractivity contribution in [1.82, 2.24) is 15.6 Å². The highest BCUT2D eigenvalue weighted by atomic mass is 32.2. The van der Waals surface area contributed by atoms with Crippen LogP contribution >= 0.6 is 23.1 Å². The van der Waals surface area contributed by atoms with Crippen LogP contribution in [0, 0.1) is 0 Å². The van der Waals surface area contributed by atoms with E-state index >= 15 is 0 Å². The topological polar surface area (TPSA) is 97.4 Å². The Morgan fingerprint density at radius 3 is 2.83 bits per heavy atom. The second-order valence-corrected chi connectivity index (χ2v) is 6.56. The number of carbonyl (C=O) groups excluding carboxylic acids is 3. The Hall–Kier alpha value is -2.13. The summed E-state index contributed by atoms with van der Waals surface area (Å²) in [6, 6.07) is 7.08. The number of thiazole rings is 1. The number of hydrogen-bond donors (Lipinski definition) is 2. The molecular weight excluding hydrogens is 338 g/mol. The molecule has 7 nitrogen and oxygen atoms in total. The number of hydrogen-bond acceptors (Lipinski definition) is 7. The largest absolute Gasteiger partial charge is 0.455 e. The summed E-state index contributed by atoms with van der Waals surface area (Å²) in [5, 5.41) is 4.45. The average molecular weight is 353 g/mol. The monoisotopic (exact) mass is 353 g/mol. The maximum Gasteiger partial charge on any atom is 0.321 e. The summed E-state index contributed by atoms with van der Waals surface area (Å²) in [4.78, 5) is 38.4. The van der Waals surface area contributed by atoms with Crippen molar-refractivity contribution in [2.75, 3.05) is 18.9 Å². The molecule has 23 heavy (non-hydrogen) atoms. The maximum absolute atomic E-state index is 11.6. The van der Waals surface area contributed by atoms with E-state index in [2.05, 4.69) is 10.3 Å². The van der Waals surface area contributed by atoms with Gasteiger partial charge >= 0.3 is 12.0 Å². The van der Waals surface area contributed by atoms with E-state index in [1.54, 1.807) is 6.92 Å². The first-order chi connectivity index (χ1) is 11.1. The molecule has 2 rings (SSSR count). The van der Waals surface area contributed by atoms with Gasteiger partial charge in [0.05, 0.1) is 16.0 Å². The van der Waals surface area contributed by atoms with Gasteiger partial charge in [0.1, 0.15) is 0 Å². The third kappa shape index (κ3) is 5.53. The number of nitrogens with one attached hydrogen (secondary N) is 2. The molecule has 0 atom stereocenters. The normalized spacial score (nSPS) is 10.3. The van der Waals surface area contributed by atoms with Crippen LogP contribution in [-0.2, 0) is 14.3 Å². The average Bonchev–Trinajstić information content (AvgIpc) is 2.94. The molecule has 2 N–H and O–H groups in total. The lowest BCUT2D eigenvalue weighted by Gasteiger charge is -2.05. The number of benzene rings is 1. The van der Waals surface area contributed by atoms with Crippen molar-refractivity contribution in [2.45, 2.75) is 11.3 Å². The van der Waals surface area contributed by atoms with Crippen LogP contribution in [-0.4, -0.2) is 41.8 Å². The van der Waals surface area contributed by atoms with Gasteiger partial charge in [0.2, 0.25) is 0 Å². The Kier molecular flexibility index (Phi) is 6.36. The predicted molar refractivity (Wildman–Crippen MR) is 88.5 cm³/mol. The lowest BCUT2D eigenvalue weighted by atomic mass is 10.3. The van der Waals surface area contributed by atoms with Gasteiger partial charge in [0.15, 0.2) is 10.9 Å². The van der Waals surface area contributed by atoms with Gasteiger partial charge in [0, 0.05) is 6.54 Å². The number of carbonyl (C=O) groups is 3. The Morgan fingerprint density at radius 2 is 2.09 bits per heavy atom. The number of ether oxygens (including phenoxy) is 1. The van der Waals surface area contributed by atoms with Crippen LogP contribution in [0.5, 0.6) is 0 Å². The molecule has 122 valence electrons. The van der Waals surface area contributed by atoms with Gasteiger partial charge in [0.25, 0.3) is 5.91 Å². The number of rotatable bonds is 6. The third-order valence-electron chi connectivity index (χ3n) is 2.54. The predicted octanol–water partition coefficient (Wildman–Crippen LogP) is 1.78. The molecule has 2 aromatic rings. The van der Waals surface area contributed by atoms with E-state index in [1.165, 1.54) is 23.1 Å². The Morgan fingerprint density at radius 1 is 1.30 bits per heavy atom. The smallest absolute Gasteiger partial charge is 0.321 e. The highest BCUT2D eigenvalue weighted by molar-refractivity contribution is 8.01. The molecule has 0 aliphatic carbocycles. The molecule has 0 radical (unpaired) electrons. The molecule has 0 unspecified atom stereocenters. The minimum absolute atomic E-state index is 0.0499. The fourth-order valence-electron chi connectivity index (χ4n) is 1.59. The minimum atomic E-state index is -0.672. The second-order valence-electron chi connectivity index (χ2n) is 4.30. The molecule has 1 aromatic carbocycles. The Balaban J connectivity index is 1.72. The summed E-state index contributed by atoms with van der Waals surface area (Å²) in [5.41, 5.74) is 0.884. The van der Waals surface area contributed by atoms with Crippen molar-refractivity contribution in [3.63, 3.8) is 0 Å². The molecule has 1 heterocycles. The number of para-hydroxylation sites is 1. The van der Waals surface area contributed by atoms with E-state index in [9.17, 15) is 14.4 Å². The number of thioether (sulfide) groups is 1. The number of fused-ring (bicyclic) bond motifs is 1. The van der Waals surface area contributed by atoms with Crippen LogP contribution < -0.4 is 10.6 Å². The van der Waals surface area contributed by atoms with E-state index in [0.29, 0.717) is 6.54 Å². The van der Waals surface area contributed by atoms with Crippen molar-refractivity contribution in [3.8, 4) is 0 Å². The lowest BCUT2D eigenvalue weighted by Crippen LogP contribution is -2.41. The number of esters is 1. The number of imide groups is 1. The molecule has 3 amide bonds. The van der Waals surface area contributed by atoms with Crippen molar-refractivity contribution in [1.29, 1.82) is 0 Å². The maximum atomic E-state index is 11.6. The molecule has 0 spiro atoms. The SMILES string of the molecule is CCNC(=O)NC(=O)COC(=O)CSc1nc2ccccc2s1. The van der Waals surface area contributed by atoms with Crippen LogP contribution in [0.1, 0.15) is 6.92 Å². The highest BCUT2D eigenvalue weighted by Gasteiger charge is 2.12. The van der Waals surface area contributed by atoms with E-state index in [-0.39, 0.29) is 5.75 Å². The molecule has 9 heteroatoms. The highest BCUT2D eigenvalue weighted by Crippen LogP contribution is 2.29. The number of nitrogens with zero attached hydrogens (tertiary/aromatic N) is 1. The lowest BCUT2D eigenvalue weighted by molar-refractivity contribution is -0.145. The van der Waals surface area contributed by atoms with Crippen LogP contribution in [0.25, 0.3) is 10.2 Å². The molecule has 0 aliphatic heterocycles. The summed E-state index contributed by atoms with van der Waals surface area (Å²) in [6.07, 6.45) is 0. The molecule has 0 bridgehead atoms. The Labute approximate surface area is 140 Å². The van der Waals surface area contributed by atoms with Gasteiger partial charge in [-0.15, -0.1) is 11.3 Å². The van der Waals surface area contributed by atoms with E-state index in [4.69, 9.17) is 4.74 Å². The van der Waals surface area contributed by atoms with Gasteiger partial charge in [-0.2, -0.15) is 0 Å². The van der Waals surface area contributed by atoms with Gasteiger partial charge in [-0.05, 0) is 19.1 Å². The molecular formula is C14H15N3O4S2. The van der Waals surface area contributed by atoms with E-state index in [0.717, 1.165) is 14.6 Å². The van der Waals surface area contributed by atoms with E-state index < -0.39 is 24.5 Å². The van der Waals surface area contributed by atoms with Gasteiger partial charge in [-0.3, -0.25) is 14.9 Å². The van der Waals surface area contributed by atoms with Crippen molar-refractivity contribution in [3.05, 3.63) is 24.3 Å². The second kappa shape index (κ2) is 8.49. The summed E-state index contributed by atoms with van der Waals surface area (Å²) < 4.78 is 6.61. The first-order valence-corrected chi connectivity index (χ1v) is 8.60. The fourth-order valence-corrected chi connectivity index (χ4v) is 3.45. The van der Waals surface area contributed by atoms with Gasteiger partial charge in [-0.1, -0.05) is 23.9 Å². The first-order valence-electron chi connectivity index (χ1n) is 6.80. The molecule has 0 fully saturated rings. The van der Waals surface area contributed by atoms with Gasteiger partial charge < -0.3 is 10.1 Å². The van der Waals surface area contributed by atoms with E-state index in [1.807, 2.05) is 29.6 Å². The number of aromatic nitrogens is 1. The quantitative estimate of drug-likeness (QED) is 0.607. The summed E-state index contributed by atoms with van der Waals surface area (Å²) in [5.74, 6) is -1.16. The Bertz CT molecular complexity index is 684. The van der Waals surface area contributed by atoms with Crippen molar-refractivity contribution >= 4 is 51.2 Å². The summed E-state index contributed by atoms with van der Waals surface area (Å²) in [6.45, 7) is 1.64. The standard InChI is InChI=1S/C14H15N3O4S2/c1-2-15-13(20)17-11(18)7-21-12(19)8-22-14-16-9-5-3-4-6-10(9)23-14/h3-6H,2,7-8H2,1H3,(H2,15,17,18,20). The third-order valence-corrected chi connectivity index (χ3v) is 4.70. The fraction of sp³-hybridized carbons (Fsp3) is 0.286. The zero-order chi connectivity index (χ0) is 16.7. The molecule has 1 aromatic heterocycles. The zero-order valence-electron chi connectivity index (χ0n) is 12.3. The summed E-state index contributed by atoms with van der Waals surface area (Å²) in [7, 11) is 0. The van der Waals surface area contributed by atoms with Crippen LogP contribution in [0.2, 0.25) is 0 Å². The zero-order valence-corrected chi connectivity index (χ0v) is 14.0. The molecule has 0 aliphatic rings. The van der Waals surface area contributed by atoms with Crippen LogP contribution in [0.15, 0.2) is 28.6 Å². The minimum Gasteiger partial charge on any atom is -0.455 e. The van der Waals surface area contributed by atoms with Gasteiger partial charge in [-0.25, -0.2) is 9.78 Å². The number of urea groups is 1. The number of amides is 3. The van der Waals surface area contributed by atoms with Crippen LogP contribution in [0.4, 0.5) is 4.79 Å². The molecule has 0 saturated carbocycles. The first kappa shape index (κ1) is 17.2. The van der Waals surface area contributed by atoms with Crippen molar-refractivity contribution < 1.29 is 19.1 Å². The molecule has 0 saturated heterocycles. The van der Waals surface area contributed by atoms with Crippen molar-refractivity contribution in [2.24, 2.45) is 0 Å². The van der Waals surface area contributed by atoms with Crippen LogP contribution in [0.3, 0.4) is 0 Å².